The van der Waals surface area contributed by atoms with E-state index in [1.807, 2.05) is 18.2 Å². The molecule has 5 heteroatoms. The Morgan fingerprint density at radius 1 is 1.14 bits per heavy atom. The Bertz CT molecular complexity index is 644. The van der Waals surface area contributed by atoms with Gasteiger partial charge < -0.3 is 4.90 Å². The zero-order chi connectivity index (χ0) is 15.0. The molecule has 1 aromatic carbocycles. The fraction of sp³-hybridized carbons (Fsp3) is 0.500. The van der Waals surface area contributed by atoms with Gasteiger partial charge in [0.2, 0.25) is 0 Å². The Balaban J connectivity index is 2.15. The Labute approximate surface area is 123 Å². The van der Waals surface area contributed by atoms with Gasteiger partial charge in [0.05, 0.1) is 5.52 Å². The zero-order valence-corrected chi connectivity index (χ0v) is 12.3. The molecule has 3 nitrogen and oxygen atoms in total. The second kappa shape index (κ2) is 5.54. The number of hydrogen-bond donors (Lipinski definition) is 0. The van der Waals surface area contributed by atoms with Crippen molar-refractivity contribution in [3.63, 3.8) is 0 Å². The quantitative estimate of drug-likeness (QED) is 0.830. The van der Waals surface area contributed by atoms with Gasteiger partial charge in [-0.15, -0.1) is 0 Å². The largest absolute Gasteiger partial charge is 0.353 e. The monoisotopic (exact) mass is 291 g/mol. The van der Waals surface area contributed by atoms with Crippen LogP contribution in [0.1, 0.15) is 38.9 Å². The SMILES string of the molecule is CC1CCC(C)N(c2nc(C(F)F)nc3ccccc23)C1. The number of hydrogen-bond acceptors (Lipinski definition) is 3. The molecule has 2 aromatic rings. The van der Waals surface area contributed by atoms with Gasteiger partial charge in [0.25, 0.3) is 6.43 Å². The average Bonchev–Trinajstić information content (AvgIpc) is 2.48. The lowest BCUT2D eigenvalue weighted by molar-refractivity contribution is 0.141. The molecule has 1 aliphatic rings. The molecule has 1 saturated heterocycles. The van der Waals surface area contributed by atoms with Crippen molar-refractivity contribution in [1.82, 2.24) is 9.97 Å². The van der Waals surface area contributed by atoms with Crippen LogP contribution in [0.15, 0.2) is 24.3 Å². The number of rotatable bonds is 2. The number of anilines is 1. The van der Waals surface area contributed by atoms with E-state index in [1.165, 1.54) is 6.42 Å². The third kappa shape index (κ3) is 2.69. The molecule has 0 spiro atoms. The summed E-state index contributed by atoms with van der Waals surface area (Å²) in [5.41, 5.74) is 0.586. The van der Waals surface area contributed by atoms with Crippen LogP contribution in [0.5, 0.6) is 0 Å². The van der Waals surface area contributed by atoms with Gasteiger partial charge in [0.15, 0.2) is 5.82 Å². The molecule has 0 aliphatic carbocycles. The van der Waals surface area contributed by atoms with Crippen molar-refractivity contribution in [1.29, 1.82) is 0 Å². The highest BCUT2D eigenvalue weighted by molar-refractivity contribution is 5.89. The van der Waals surface area contributed by atoms with Crippen LogP contribution in [-0.2, 0) is 0 Å². The van der Waals surface area contributed by atoms with Crippen LogP contribution in [0, 0.1) is 5.92 Å². The molecule has 2 atom stereocenters. The summed E-state index contributed by atoms with van der Waals surface area (Å²) in [7, 11) is 0. The van der Waals surface area contributed by atoms with Crippen molar-refractivity contribution in [2.24, 2.45) is 5.92 Å². The molecule has 1 aliphatic heterocycles. The van der Waals surface area contributed by atoms with E-state index < -0.39 is 6.43 Å². The van der Waals surface area contributed by atoms with Gasteiger partial charge in [-0.2, -0.15) is 0 Å². The van der Waals surface area contributed by atoms with E-state index in [4.69, 9.17) is 0 Å². The van der Waals surface area contributed by atoms with Gasteiger partial charge >= 0.3 is 0 Å². The molecule has 1 fully saturated rings. The molecular weight excluding hydrogens is 272 g/mol. The smallest absolute Gasteiger partial charge is 0.297 e. The molecule has 1 aromatic heterocycles. The summed E-state index contributed by atoms with van der Waals surface area (Å²) in [6.07, 6.45) is -0.419. The molecule has 0 saturated carbocycles. The molecule has 112 valence electrons. The summed E-state index contributed by atoms with van der Waals surface area (Å²) < 4.78 is 26.1. The molecule has 2 heterocycles. The van der Waals surface area contributed by atoms with Crippen LogP contribution < -0.4 is 4.90 Å². The lowest BCUT2D eigenvalue weighted by atomic mass is 9.95. The van der Waals surface area contributed by atoms with E-state index in [0.717, 1.165) is 18.4 Å². The second-order valence-electron chi connectivity index (χ2n) is 5.91. The molecule has 2 unspecified atom stereocenters. The summed E-state index contributed by atoms with van der Waals surface area (Å²) in [6.45, 7) is 5.17. The fourth-order valence-corrected chi connectivity index (χ4v) is 2.98. The van der Waals surface area contributed by atoms with Crippen LogP contribution in [0.3, 0.4) is 0 Å². The van der Waals surface area contributed by atoms with E-state index in [2.05, 4.69) is 28.7 Å². The fourth-order valence-electron chi connectivity index (χ4n) is 2.98. The average molecular weight is 291 g/mol. The lowest BCUT2D eigenvalue weighted by Gasteiger charge is -2.38. The van der Waals surface area contributed by atoms with Crippen LogP contribution >= 0.6 is 0 Å². The predicted octanol–water partition coefficient (Wildman–Crippen LogP) is 4.19. The van der Waals surface area contributed by atoms with Crippen molar-refractivity contribution in [3.05, 3.63) is 30.1 Å². The molecule has 0 N–H and O–H groups in total. The highest BCUT2D eigenvalue weighted by Crippen LogP contribution is 2.32. The number of halogens is 2. The maximum Gasteiger partial charge on any atom is 0.297 e. The topological polar surface area (TPSA) is 29.0 Å². The Morgan fingerprint density at radius 2 is 1.90 bits per heavy atom. The van der Waals surface area contributed by atoms with Crippen molar-refractivity contribution in [3.8, 4) is 0 Å². The van der Waals surface area contributed by atoms with Gasteiger partial charge in [-0.25, -0.2) is 18.7 Å². The van der Waals surface area contributed by atoms with Gasteiger partial charge in [-0.1, -0.05) is 19.1 Å². The van der Waals surface area contributed by atoms with Crippen molar-refractivity contribution >= 4 is 16.7 Å². The first-order valence-electron chi connectivity index (χ1n) is 7.37. The zero-order valence-electron chi connectivity index (χ0n) is 12.3. The molecule has 0 bridgehead atoms. The van der Waals surface area contributed by atoms with E-state index in [0.29, 0.717) is 23.3 Å². The third-order valence-corrected chi connectivity index (χ3v) is 4.19. The standard InChI is InChI=1S/C16H19F2N3/c1-10-7-8-11(2)21(9-10)16-12-5-3-4-6-13(12)19-15(20-16)14(17)18/h3-6,10-11,14H,7-9H2,1-2H3. The number of aromatic nitrogens is 2. The molecule has 3 rings (SSSR count). The molecule has 0 radical (unpaired) electrons. The van der Waals surface area contributed by atoms with Gasteiger partial charge in [-0.05, 0) is 37.8 Å². The second-order valence-corrected chi connectivity index (χ2v) is 5.91. The lowest BCUT2D eigenvalue weighted by Crippen LogP contribution is -2.41. The molecular formula is C16H19F2N3. The van der Waals surface area contributed by atoms with E-state index in [1.54, 1.807) is 6.07 Å². The van der Waals surface area contributed by atoms with Crippen LogP contribution in [-0.4, -0.2) is 22.6 Å². The summed E-state index contributed by atoms with van der Waals surface area (Å²) in [4.78, 5) is 10.3. The summed E-state index contributed by atoms with van der Waals surface area (Å²) in [5, 5.41) is 0.850. The van der Waals surface area contributed by atoms with E-state index in [-0.39, 0.29) is 5.82 Å². The highest BCUT2D eigenvalue weighted by atomic mass is 19.3. The Hall–Kier alpha value is -1.78. The Kier molecular flexibility index (Phi) is 3.74. The maximum atomic E-state index is 13.1. The molecule has 21 heavy (non-hydrogen) atoms. The van der Waals surface area contributed by atoms with Gasteiger partial charge in [0, 0.05) is 18.0 Å². The number of para-hydroxylation sites is 1. The number of alkyl halides is 2. The minimum atomic E-state index is -2.65. The minimum Gasteiger partial charge on any atom is -0.353 e. The van der Waals surface area contributed by atoms with Crippen LogP contribution in [0.4, 0.5) is 14.6 Å². The number of piperidine rings is 1. The van der Waals surface area contributed by atoms with Crippen molar-refractivity contribution < 1.29 is 8.78 Å². The number of nitrogens with zero attached hydrogens (tertiary/aromatic N) is 3. The summed E-state index contributed by atoms with van der Waals surface area (Å²) >= 11 is 0. The van der Waals surface area contributed by atoms with Gasteiger partial charge in [0.1, 0.15) is 5.82 Å². The van der Waals surface area contributed by atoms with Crippen LogP contribution in [0.2, 0.25) is 0 Å². The predicted molar refractivity (Wildman–Crippen MR) is 79.7 cm³/mol. The molecule has 0 amide bonds. The van der Waals surface area contributed by atoms with Crippen molar-refractivity contribution in [2.75, 3.05) is 11.4 Å². The van der Waals surface area contributed by atoms with Crippen molar-refractivity contribution in [2.45, 2.75) is 39.2 Å². The van der Waals surface area contributed by atoms with Crippen LogP contribution in [0.25, 0.3) is 10.9 Å². The third-order valence-electron chi connectivity index (χ3n) is 4.19. The summed E-state index contributed by atoms with van der Waals surface area (Å²) in [5.74, 6) is 0.814. The van der Waals surface area contributed by atoms with E-state index >= 15 is 0 Å². The number of fused-ring (bicyclic) bond motifs is 1. The highest BCUT2D eigenvalue weighted by Gasteiger charge is 2.27. The first-order chi connectivity index (χ1) is 10.1. The van der Waals surface area contributed by atoms with Gasteiger partial charge in [-0.3, -0.25) is 0 Å². The number of benzene rings is 1. The first kappa shape index (κ1) is 14.2. The first-order valence-corrected chi connectivity index (χ1v) is 7.37. The Morgan fingerprint density at radius 3 is 2.67 bits per heavy atom. The maximum absolute atomic E-state index is 13.1. The minimum absolute atomic E-state index is 0.310. The van der Waals surface area contributed by atoms with E-state index in [9.17, 15) is 8.78 Å². The summed E-state index contributed by atoms with van der Waals surface area (Å²) in [6, 6.07) is 7.70. The normalized spacial score (nSPS) is 23.0.